The normalized spacial score (nSPS) is 19.5. The summed E-state index contributed by atoms with van der Waals surface area (Å²) in [7, 11) is 1.66. The predicted octanol–water partition coefficient (Wildman–Crippen LogP) is 4.10. The van der Waals surface area contributed by atoms with Crippen molar-refractivity contribution in [2.75, 3.05) is 20.1 Å². The molecule has 5 rings (SSSR count). The number of rotatable bonds is 7. The van der Waals surface area contributed by atoms with Gasteiger partial charge in [-0.05, 0) is 43.0 Å². The largest absolute Gasteiger partial charge is 0.478 e. The number of carboxylic acids is 1. The van der Waals surface area contributed by atoms with E-state index in [1.54, 1.807) is 59.2 Å². The summed E-state index contributed by atoms with van der Waals surface area (Å²) in [5, 5.41) is 15.6. The number of benzene rings is 2. The highest BCUT2D eigenvalue weighted by Gasteiger charge is 2.45. The Morgan fingerprint density at radius 2 is 1.82 bits per heavy atom. The lowest BCUT2D eigenvalue weighted by Crippen LogP contribution is -2.32. The van der Waals surface area contributed by atoms with E-state index in [2.05, 4.69) is 5.10 Å². The lowest BCUT2D eigenvalue weighted by molar-refractivity contribution is 0.0694. The van der Waals surface area contributed by atoms with Crippen LogP contribution < -0.4 is 11.6 Å². The van der Waals surface area contributed by atoms with Gasteiger partial charge < -0.3 is 20.7 Å². The molecule has 5 N–H and O–H groups in total. The van der Waals surface area contributed by atoms with Gasteiger partial charge in [-0.1, -0.05) is 37.1 Å². The Hall–Kier alpha value is -4.18. The Bertz CT molecular complexity index is 1420. The van der Waals surface area contributed by atoms with Crippen LogP contribution in [0.15, 0.2) is 60.6 Å². The Kier molecular flexibility index (Phi) is 7.38. The van der Waals surface area contributed by atoms with Crippen molar-refractivity contribution in [3.63, 3.8) is 0 Å². The number of aromatic carboxylic acids is 1. The number of hydrazine groups is 1. The van der Waals surface area contributed by atoms with Gasteiger partial charge in [-0.25, -0.2) is 19.7 Å². The molecule has 10 heteroatoms. The standard InChI is InChI=1S/C29H33FN6O3/c1-34(32)17-25(31)22-15-23(22)27-24(29(38)39)16-33-36(27)19-9-6-8-18(14-19)20-10-7-11-21(26(20)30)28(37)35-12-4-2-3-5-13-35/h6-11,14,16-17,22-23H,2-5,12-13,15,31-32H2,1H3,(H,38,39)/b25-17-/t22-,23?/m0/s1. The molecule has 1 aliphatic carbocycles. The van der Waals surface area contributed by atoms with E-state index in [1.165, 1.54) is 17.3 Å². The molecule has 1 saturated carbocycles. The highest BCUT2D eigenvalue weighted by atomic mass is 19.1. The molecule has 204 valence electrons. The van der Waals surface area contributed by atoms with Crippen molar-refractivity contribution in [1.82, 2.24) is 19.7 Å². The molecule has 0 spiro atoms. The van der Waals surface area contributed by atoms with Crippen molar-refractivity contribution in [2.45, 2.75) is 38.0 Å². The van der Waals surface area contributed by atoms with Gasteiger partial charge in [0.2, 0.25) is 0 Å². The topological polar surface area (TPSA) is 131 Å². The molecule has 9 nitrogen and oxygen atoms in total. The van der Waals surface area contributed by atoms with E-state index in [9.17, 15) is 14.7 Å². The van der Waals surface area contributed by atoms with Crippen LogP contribution in [0.2, 0.25) is 0 Å². The number of amides is 1. The average molecular weight is 533 g/mol. The second kappa shape index (κ2) is 10.9. The molecule has 3 aromatic rings. The summed E-state index contributed by atoms with van der Waals surface area (Å²) >= 11 is 0. The maximum atomic E-state index is 15.8. The summed E-state index contributed by atoms with van der Waals surface area (Å²) in [5.74, 6) is 3.54. The van der Waals surface area contributed by atoms with Crippen LogP contribution >= 0.6 is 0 Å². The molecule has 1 aromatic heterocycles. The molecular weight excluding hydrogens is 499 g/mol. The lowest BCUT2D eigenvalue weighted by Gasteiger charge is -2.21. The fourth-order valence-electron chi connectivity index (χ4n) is 5.45. The van der Waals surface area contributed by atoms with E-state index in [1.807, 2.05) is 0 Å². The molecule has 0 radical (unpaired) electrons. The van der Waals surface area contributed by atoms with Crippen LogP contribution in [0.5, 0.6) is 0 Å². The molecular formula is C29H33FN6O3. The fourth-order valence-corrected chi connectivity index (χ4v) is 5.45. The smallest absolute Gasteiger partial charge is 0.339 e. The zero-order chi connectivity index (χ0) is 27.7. The molecule has 2 atom stereocenters. The number of nitrogens with zero attached hydrogens (tertiary/aromatic N) is 4. The number of carbonyl (C=O) groups excluding carboxylic acids is 1. The minimum atomic E-state index is -1.08. The van der Waals surface area contributed by atoms with Gasteiger partial charge in [-0.3, -0.25) is 4.79 Å². The second-order valence-corrected chi connectivity index (χ2v) is 10.3. The summed E-state index contributed by atoms with van der Waals surface area (Å²) in [5.41, 5.74) is 8.89. The zero-order valence-corrected chi connectivity index (χ0v) is 21.9. The molecule has 1 aliphatic heterocycles. The molecule has 39 heavy (non-hydrogen) atoms. The maximum Gasteiger partial charge on any atom is 0.339 e. The van der Waals surface area contributed by atoms with Crippen molar-refractivity contribution in [2.24, 2.45) is 17.5 Å². The Labute approximate surface area is 226 Å². The fraction of sp³-hybridized carbons (Fsp3) is 0.345. The molecule has 2 fully saturated rings. The van der Waals surface area contributed by atoms with Crippen LogP contribution in [-0.2, 0) is 0 Å². The minimum Gasteiger partial charge on any atom is -0.478 e. The van der Waals surface area contributed by atoms with E-state index < -0.39 is 11.8 Å². The number of likely N-dealkylation sites (tertiary alicyclic amines) is 1. The monoisotopic (exact) mass is 532 g/mol. The van der Waals surface area contributed by atoms with E-state index >= 15 is 4.39 Å². The highest BCUT2D eigenvalue weighted by Crippen LogP contribution is 2.51. The van der Waals surface area contributed by atoms with Gasteiger partial charge >= 0.3 is 5.97 Å². The molecule has 2 heterocycles. The first-order chi connectivity index (χ1) is 18.8. The predicted molar refractivity (Wildman–Crippen MR) is 145 cm³/mol. The van der Waals surface area contributed by atoms with Gasteiger partial charge in [0.05, 0.1) is 23.1 Å². The van der Waals surface area contributed by atoms with Crippen molar-refractivity contribution >= 4 is 11.9 Å². The number of aromatic nitrogens is 2. The van der Waals surface area contributed by atoms with Crippen molar-refractivity contribution < 1.29 is 19.1 Å². The Morgan fingerprint density at radius 3 is 2.51 bits per heavy atom. The average Bonchev–Trinajstić information content (AvgIpc) is 3.65. The molecule has 1 amide bonds. The van der Waals surface area contributed by atoms with Gasteiger partial charge in [0, 0.05) is 49.4 Å². The first kappa shape index (κ1) is 26.4. The summed E-state index contributed by atoms with van der Waals surface area (Å²) in [4.78, 5) is 26.9. The van der Waals surface area contributed by atoms with Crippen LogP contribution in [0.4, 0.5) is 4.39 Å². The third kappa shape index (κ3) is 5.37. The van der Waals surface area contributed by atoms with Gasteiger partial charge in [0.1, 0.15) is 11.4 Å². The van der Waals surface area contributed by atoms with Gasteiger partial charge in [-0.2, -0.15) is 5.10 Å². The molecule has 1 unspecified atom stereocenters. The second-order valence-electron chi connectivity index (χ2n) is 10.3. The molecule has 0 bridgehead atoms. The summed E-state index contributed by atoms with van der Waals surface area (Å²) in [6.07, 6.45) is 7.61. The van der Waals surface area contributed by atoms with Gasteiger partial charge in [0.25, 0.3) is 5.91 Å². The van der Waals surface area contributed by atoms with Crippen molar-refractivity contribution in [3.8, 4) is 16.8 Å². The molecule has 2 aliphatic rings. The summed E-state index contributed by atoms with van der Waals surface area (Å²) < 4.78 is 17.4. The van der Waals surface area contributed by atoms with Crippen LogP contribution in [-0.4, -0.2) is 56.8 Å². The quantitative estimate of drug-likeness (QED) is 0.308. The third-order valence-corrected chi connectivity index (χ3v) is 7.48. The van der Waals surface area contributed by atoms with Gasteiger partial charge in [-0.15, -0.1) is 0 Å². The van der Waals surface area contributed by atoms with Crippen LogP contribution in [0.1, 0.15) is 64.4 Å². The van der Waals surface area contributed by atoms with E-state index in [-0.39, 0.29) is 28.9 Å². The number of nitrogens with two attached hydrogens (primary N) is 2. The lowest BCUT2D eigenvalue weighted by atomic mass is 10.0. The Balaban J connectivity index is 1.49. The Morgan fingerprint density at radius 1 is 1.10 bits per heavy atom. The highest BCUT2D eigenvalue weighted by molar-refractivity contribution is 5.96. The summed E-state index contributed by atoms with van der Waals surface area (Å²) in [6.45, 7) is 1.27. The number of hydrogen-bond donors (Lipinski definition) is 3. The van der Waals surface area contributed by atoms with Crippen LogP contribution in [0.3, 0.4) is 0 Å². The minimum absolute atomic E-state index is 0.0562. The number of carboxylic acid groups (broad SMARTS) is 1. The zero-order valence-electron chi connectivity index (χ0n) is 21.9. The van der Waals surface area contributed by atoms with Crippen molar-refractivity contribution in [3.05, 3.63) is 83.2 Å². The first-order valence-corrected chi connectivity index (χ1v) is 13.2. The first-order valence-electron chi connectivity index (χ1n) is 13.2. The number of halogens is 1. The number of hydrogen-bond acceptors (Lipinski definition) is 6. The van der Waals surface area contributed by atoms with Crippen LogP contribution in [0.25, 0.3) is 16.8 Å². The number of allylic oxidation sites excluding steroid dienone is 1. The molecule has 2 aromatic carbocycles. The van der Waals surface area contributed by atoms with E-state index in [0.717, 1.165) is 25.7 Å². The SMILES string of the molecule is CN(N)/C=C(\N)[C@H]1CC1c1c(C(=O)O)cnn1-c1cccc(-c2cccc(C(=O)N3CCCCCC3)c2F)c1. The number of carbonyl (C=O) groups is 2. The van der Waals surface area contributed by atoms with Gasteiger partial charge in [0.15, 0.2) is 0 Å². The van der Waals surface area contributed by atoms with E-state index in [0.29, 0.717) is 47.7 Å². The third-order valence-electron chi connectivity index (χ3n) is 7.48. The maximum absolute atomic E-state index is 15.8. The molecule has 1 saturated heterocycles. The van der Waals surface area contributed by atoms with Crippen molar-refractivity contribution in [1.29, 1.82) is 0 Å². The summed E-state index contributed by atoms with van der Waals surface area (Å²) in [6, 6.07) is 11.9. The van der Waals surface area contributed by atoms with E-state index in [4.69, 9.17) is 11.6 Å². The van der Waals surface area contributed by atoms with Crippen LogP contribution in [0, 0.1) is 11.7 Å².